The van der Waals surface area contributed by atoms with Crippen LogP contribution in [0.25, 0.3) is 21.9 Å². The molecular weight excluding hydrogens is 398 g/mol. The lowest BCUT2D eigenvalue weighted by Crippen LogP contribution is -2.26. The molecule has 0 aliphatic heterocycles. The maximum absolute atomic E-state index is 12.2. The first-order valence-corrected chi connectivity index (χ1v) is 11.5. The lowest BCUT2D eigenvalue weighted by atomic mass is 10.1. The normalized spacial score (nSPS) is 11.3. The number of para-hydroxylation sites is 1. The molecule has 4 aromatic rings. The van der Waals surface area contributed by atoms with Crippen molar-refractivity contribution < 1.29 is 4.79 Å². The number of nitrogens with two attached hydrogens (primary N) is 1. The molecule has 2 heterocycles. The molecule has 6 nitrogen and oxygen atoms in total. The molecular formula is C26H31N5O. The van der Waals surface area contributed by atoms with E-state index in [9.17, 15) is 4.79 Å². The number of aryl methyl sites for hydroxylation is 2. The standard InChI is InChI=1S/C26H31N5O/c1-2-3-15-22-30-24-25(20-13-7-8-14-21(20)29-26(24)27)31(22)17-10-9-16-28-23(32)18-19-11-5-4-6-12-19/h4-8,11-14H,2-3,9-10,15-18H2,1H3,(H2,27,29)(H,28,32). The van der Waals surface area contributed by atoms with Crippen molar-refractivity contribution in [1.29, 1.82) is 0 Å². The number of carbonyl (C=O) groups excluding carboxylic acids is 1. The van der Waals surface area contributed by atoms with E-state index in [2.05, 4.69) is 27.9 Å². The van der Waals surface area contributed by atoms with E-state index >= 15 is 0 Å². The number of nitrogens with one attached hydrogen (secondary N) is 1. The van der Waals surface area contributed by atoms with Crippen LogP contribution in [-0.4, -0.2) is 27.0 Å². The Bertz CT molecular complexity index is 1200. The Balaban J connectivity index is 1.45. The topological polar surface area (TPSA) is 85.8 Å². The van der Waals surface area contributed by atoms with Gasteiger partial charge >= 0.3 is 0 Å². The smallest absolute Gasteiger partial charge is 0.224 e. The quantitative estimate of drug-likeness (QED) is 0.359. The molecule has 4 rings (SSSR count). The van der Waals surface area contributed by atoms with Crippen LogP contribution >= 0.6 is 0 Å². The highest BCUT2D eigenvalue weighted by Crippen LogP contribution is 2.29. The second kappa shape index (κ2) is 10.3. The Morgan fingerprint density at radius 3 is 2.59 bits per heavy atom. The van der Waals surface area contributed by atoms with Crippen molar-refractivity contribution in [3.05, 3.63) is 66.0 Å². The lowest BCUT2D eigenvalue weighted by Gasteiger charge is -2.11. The summed E-state index contributed by atoms with van der Waals surface area (Å²) >= 11 is 0. The molecule has 166 valence electrons. The Morgan fingerprint density at radius 2 is 1.78 bits per heavy atom. The third kappa shape index (κ3) is 4.90. The number of hydrogen-bond donors (Lipinski definition) is 2. The number of unbranched alkanes of at least 4 members (excludes halogenated alkanes) is 2. The van der Waals surface area contributed by atoms with Crippen LogP contribution in [0, 0.1) is 0 Å². The van der Waals surface area contributed by atoms with Crippen LogP contribution in [0.5, 0.6) is 0 Å². The molecule has 0 aliphatic rings. The SMILES string of the molecule is CCCCc1nc2c(N)nc3ccccc3c2n1CCCCNC(=O)Cc1ccccc1. The molecule has 2 aromatic heterocycles. The fourth-order valence-corrected chi connectivity index (χ4v) is 4.14. The molecule has 1 amide bonds. The van der Waals surface area contributed by atoms with Gasteiger partial charge in [-0.3, -0.25) is 4.79 Å². The van der Waals surface area contributed by atoms with Crippen molar-refractivity contribution in [2.45, 2.75) is 52.0 Å². The maximum atomic E-state index is 12.2. The second-order valence-corrected chi connectivity index (χ2v) is 8.21. The van der Waals surface area contributed by atoms with Gasteiger partial charge in [-0.05, 0) is 30.9 Å². The van der Waals surface area contributed by atoms with E-state index in [0.29, 0.717) is 18.8 Å². The molecule has 32 heavy (non-hydrogen) atoms. The zero-order valence-corrected chi connectivity index (χ0v) is 18.7. The van der Waals surface area contributed by atoms with Gasteiger partial charge in [-0.25, -0.2) is 9.97 Å². The highest BCUT2D eigenvalue weighted by Gasteiger charge is 2.16. The lowest BCUT2D eigenvalue weighted by molar-refractivity contribution is -0.120. The summed E-state index contributed by atoms with van der Waals surface area (Å²) in [5.41, 5.74) is 10.1. The number of carbonyl (C=O) groups is 1. The van der Waals surface area contributed by atoms with Gasteiger partial charge in [0.15, 0.2) is 5.82 Å². The van der Waals surface area contributed by atoms with E-state index in [1.807, 2.05) is 48.5 Å². The van der Waals surface area contributed by atoms with Crippen molar-refractivity contribution in [1.82, 2.24) is 19.9 Å². The molecule has 0 atom stereocenters. The minimum absolute atomic E-state index is 0.0674. The summed E-state index contributed by atoms with van der Waals surface area (Å²) in [6, 6.07) is 17.9. The third-order valence-corrected chi connectivity index (χ3v) is 5.78. The van der Waals surface area contributed by atoms with Gasteiger partial charge in [0.25, 0.3) is 0 Å². The molecule has 0 saturated heterocycles. The molecule has 0 unspecified atom stereocenters. The van der Waals surface area contributed by atoms with E-state index < -0.39 is 0 Å². The van der Waals surface area contributed by atoms with E-state index in [1.165, 1.54) is 0 Å². The van der Waals surface area contributed by atoms with Gasteiger partial charge in [-0.15, -0.1) is 0 Å². The number of anilines is 1. The molecule has 0 bridgehead atoms. The monoisotopic (exact) mass is 429 g/mol. The van der Waals surface area contributed by atoms with E-state index in [-0.39, 0.29) is 5.91 Å². The van der Waals surface area contributed by atoms with Gasteiger partial charge in [0.05, 0.1) is 17.5 Å². The number of aromatic nitrogens is 3. The van der Waals surface area contributed by atoms with E-state index in [1.54, 1.807) is 0 Å². The fraction of sp³-hybridized carbons (Fsp3) is 0.346. The number of benzene rings is 2. The van der Waals surface area contributed by atoms with Gasteiger partial charge in [0, 0.05) is 24.9 Å². The van der Waals surface area contributed by atoms with Crippen LogP contribution in [0.15, 0.2) is 54.6 Å². The molecule has 0 fully saturated rings. The number of hydrogen-bond acceptors (Lipinski definition) is 4. The molecule has 0 radical (unpaired) electrons. The highest BCUT2D eigenvalue weighted by atomic mass is 16.1. The van der Waals surface area contributed by atoms with E-state index in [0.717, 1.165) is 72.0 Å². The predicted molar refractivity (Wildman–Crippen MR) is 130 cm³/mol. The number of fused-ring (bicyclic) bond motifs is 3. The zero-order chi connectivity index (χ0) is 22.3. The summed E-state index contributed by atoms with van der Waals surface area (Å²) < 4.78 is 2.32. The Labute approximate surface area is 188 Å². The fourth-order valence-electron chi connectivity index (χ4n) is 4.14. The number of imidazole rings is 1. The van der Waals surface area contributed by atoms with Gasteiger partial charge in [-0.2, -0.15) is 0 Å². The number of nitrogen functional groups attached to an aromatic ring is 1. The Hall–Kier alpha value is -3.41. The van der Waals surface area contributed by atoms with Crippen LogP contribution in [0.4, 0.5) is 5.82 Å². The maximum Gasteiger partial charge on any atom is 0.224 e. The van der Waals surface area contributed by atoms with Crippen LogP contribution in [0.1, 0.15) is 44.0 Å². The molecule has 3 N–H and O–H groups in total. The van der Waals surface area contributed by atoms with Crippen LogP contribution in [0.2, 0.25) is 0 Å². The number of amides is 1. The van der Waals surface area contributed by atoms with E-state index in [4.69, 9.17) is 10.7 Å². The molecule has 0 saturated carbocycles. The Kier molecular flexibility index (Phi) is 7.00. The Morgan fingerprint density at radius 1 is 1.00 bits per heavy atom. The van der Waals surface area contributed by atoms with Gasteiger partial charge in [-0.1, -0.05) is 61.9 Å². The summed E-state index contributed by atoms with van der Waals surface area (Å²) in [5, 5.41) is 4.13. The van der Waals surface area contributed by atoms with Crippen molar-refractivity contribution in [3.8, 4) is 0 Å². The summed E-state index contributed by atoms with van der Waals surface area (Å²) in [6.07, 6.45) is 5.41. The first-order valence-electron chi connectivity index (χ1n) is 11.5. The second-order valence-electron chi connectivity index (χ2n) is 8.21. The van der Waals surface area contributed by atoms with Crippen LogP contribution in [0.3, 0.4) is 0 Å². The number of nitrogens with zero attached hydrogens (tertiary/aromatic N) is 3. The molecule has 2 aromatic carbocycles. The van der Waals surface area contributed by atoms with Crippen molar-refractivity contribution >= 4 is 33.7 Å². The highest BCUT2D eigenvalue weighted by molar-refractivity contribution is 6.06. The average Bonchev–Trinajstić information content (AvgIpc) is 3.17. The van der Waals surface area contributed by atoms with Crippen LogP contribution in [-0.2, 0) is 24.2 Å². The minimum Gasteiger partial charge on any atom is -0.382 e. The van der Waals surface area contributed by atoms with Gasteiger partial charge in [0.2, 0.25) is 5.91 Å². The third-order valence-electron chi connectivity index (χ3n) is 5.78. The van der Waals surface area contributed by atoms with Crippen molar-refractivity contribution in [3.63, 3.8) is 0 Å². The zero-order valence-electron chi connectivity index (χ0n) is 18.7. The van der Waals surface area contributed by atoms with Crippen molar-refractivity contribution in [2.24, 2.45) is 0 Å². The number of rotatable bonds is 10. The average molecular weight is 430 g/mol. The molecule has 0 aliphatic carbocycles. The summed E-state index contributed by atoms with van der Waals surface area (Å²) in [4.78, 5) is 21.6. The summed E-state index contributed by atoms with van der Waals surface area (Å²) in [6.45, 7) is 3.71. The molecule has 0 spiro atoms. The van der Waals surface area contributed by atoms with Crippen molar-refractivity contribution in [2.75, 3.05) is 12.3 Å². The van der Waals surface area contributed by atoms with Gasteiger partial charge in [0.1, 0.15) is 11.3 Å². The largest absolute Gasteiger partial charge is 0.382 e. The summed E-state index contributed by atoms with van der Waals surface area (Å²) in [7, 11) is 0. The summed E-state index contributed by atoms with van der Waals surface area (Å²) in [5.74, 6) is 1.63. The van der Waals surface area contributed by atoms with Crippen LogP contribution < -0.4 is 11.1 Å². The minimum atomic E-state index is 0.0674. The first-order chi connectivity index (χ1) is 15.7. The number of pyridine rings is 1. The molecule has 6 heteroatoms. The predicted octanol–water partition coefficient (Wildman–Crippen LogP) is 4.65. The van der Waals surface area contributed by atoms with Gasteiger partial charge < -0.3 is 15.6 Å². The first kappa shape index (κ1) is 21.8.